The normalized spacial score (nSPS) is 15.2. The molecule has 0 radical (unpaired) electrons. The summed E-state index contributed by atoms with van der Waals surface area (Å²) in [6.07, 6.45) is 3.69. The minimum absolute atomic E-state index is 0.981. The van der Waals surface area contributed by atoms with Gasteiger partial charge in [0, 0.05) is 5.69 Å². The fraction of sp³-hybridized carbons (Fsp3) is 0.333. The van der Waals surface area contributed by atoms with Crippen LogP contribution in [0.4, 0.5) is 5.69 Å². The summed E-state index contributed by atoms with van der Waals surface area (Å²) in [5.74, 6) is 0. The van der Waals surface area contributed by atoms with E-state index >= 15 is 0 Å². The van der Waals surface area contributed by atoms with Crippen molar-refractivity contribution in [2.45, 2.75) is 19.3 Å². The van der Waals surface area contributed by atoms with Crippen LogP contribution in [0.2, 0.25) is 0 Å². The highest BCUT2D eigenvalue weighted by atomic mass is 14.6. The van der Waals surface area contributed by atoms with Crippen LogP contribution in [-0.4, -0.2) is 0 Å². The number of hydrogen-bond acceptors (Lipinski definition) is 1. The monoisotopic (exact) mass is 133 g/mol. The number of rotatable bonds is 0. The Labute approximate surface area is 60.9 Å². The average Bonchev–Trinajstić information content (AvgIpc) is 2.36. The molecule has 10 heavy (non-hydrogen) atoms. The number of nitrogen functional groups attached to an aromatic ring is 1. The van der Waals surface area contributed by atoms with Gasteiger partial charge in [-0.15, -0.1) is 0 Å². The molecular weight excluding hydrogens is 122 g/mol. The number of nitrogens with two attached hydrogens (primary N) is 1. The molecule has 0 unspecified atom stereocenters. The van der Waals surface area contributed by atoms with Gasteiger partial charge in [0.05, 0.1) is 0 Å². The quantitative estimate of drug-likeness (QED) is 0.536. The van der Waals surface area contributed by atoms with Crippen LogP contribution < -0.4 is 5.73 Å². The van der Waals surface area contributed by atoms with E-state index in [-0.39, 0.29) is 0 Å². The second kappa shape index (κ2) is 2.01. The second-order valence-electron chi connectivity index (χ2n) is 2.84. The maximum absolute atomic E-state index is 5.77. The lowest BCUT2D eigenvalue weighted by Crippen LogP contribution is -1.91. The molecule has 0 saturated heterocycles. The van der Waals surface area contributed by atoms with Crippen LogP contribution in [-0.2, 0) is 12.8 Å². The Morgan fingerprint density at radius 2 is 2.10 bits per heavy atom. The van der Waals surface area contributed by atoms with Crippen molar-refractivity contribution < 1.29 is 0 Å². The highest BCUT2D eigenvalue weighted by molar-refractivity contribution is 5.52. The Bertz CT molecular complexity index is 253. The van der Waals surface area contributed by atoms with Crippen LogP contribution in [0.15, 0.2) is 18.2 Å². The zero-order valence-electron chi connectivity index (χ0n) is 5.93. The third kappa shape index (κ3) is 0.703. The van der Waals surface area contributed by atoms with Crippen molar-refractivity contribution in [3.05, 3.63) is 29.3 Å². The molecule has 0 spiro atoms. The van der Waals surface area contributed by atoms with E-state index in [0.717, 1.165) is 5.69 Å². The van der Waals surface area contributed by atoms with Crippen LogP contribution in [0, 0.1) is 0 Å². The van der Waals surface area contributed by atoms with Crippen LogP contribution >= 0.6 is 0 Å². The second-order valence-corrected chi connectivity index (χ2v) is 2.84. The Kier molecular flexibility index (Phi) is 1.16. The molecule has 1 aromatic rings. The van der Waals surface area contributed by atoms with E-state index in [1.807, 2.05) is 12.1 Å². The third-order valence-electron chi connectivity index (χ3n) is 2.18. The van der Waals surface area contributed by atoms with Crippen molar-refractivity contribution >= 4 is 5.69 Å². The van der Waals surface area contributed by atoms with Crippen molar-refractivity contribution in [1.82, 2.24) is 0 Å². The molecule has 1 aliphatic carbocycles. The zero-order chi connectivity index (χ0) is 6.97. The molecule has 0 saturated carbocycles. The SMILES string of the molecule is Nc1cccc2c1CCC2. The molecule has 0 heterocycles. The van der Waals surface area contributed by atoms with Gasteiger partial charge in [0.1, 0.15) is 0 Å². The summed E-state index contributed by atoms with van der Waals surface area (Å²) in [4.78, 5) is 0. The Morgan fingerprint density at radius 3 is 2.90 bits per heavy atom. The lowest BCUT2D eigenvalue weighted by Gasteiger charge is -2.00. The molecule has 0 bridgehead atoms. The van der Waals surface area contributed by atoms with E-state index in [2.05, 4.69) is 6.07 Å². The van der Waals surface area contributed by atoms with E-state index < -0.39 is 0 Å². The first-order chi connectivity index (χ1) is 4.88. The first-order valence-electron chi connectivity index (χ1n) is 3.74. The predicted octanol–water partition coefficient (Wildman–Crippen LogP) is 1.76. The summed E-state index contributed by atoms with van der Waals surface area (Å²) in [7, 11) is 0. The van der Waals surface area contributed by atoms with Crippen molar-refractivity contribution in [2.75, 3.05) is 5.73 Å². The molecule has 2 N–H and O–H groups in total. The molecule has 1 aromatic carbocycles. The van der Waals surface area contributed by atoms with Gasteiger partial charge >= 0.3 is 0 Å². The minimum atomic E-state index is 0.981. The first kappa shape index (κ1) is 5.78. The molecule has 0 fully saturated rings. The highest BCUT2D eigenvalue weighted by Crippen LogP contribution is 2.26. The number of aryl methyl sites for hydroxylation is 1. The summed E-state index contributed by atoms with van der Waals surface area (Å²) in [6.45, 7) is 0. The van der Waals surface area contributed by atoms with E-state index in [9.17, 15) is 0 Å². The van der Waals surface area contributed by atoms with Gasteiger partial charge in [-0.25, -0.2) is 0 Å². The number of benzene rings is 1. The topological polar surface area (TPSA) is 26.0 Å². The van der Waals surface area contributed by atoms with Crippen molar-refractivity contribution in [3.8, 4) is 0 Å². The molecule has 2 rings (SSSR count). The van der Waals surface area contributed by atoms with Crippen molar-refractivity contribution in [2.24, 2.45) is 0 Å². The van der Waals surface area contributed by atoms with Crippen LogP contribution in [0.1, 0.15) is 17.5 Å². The van der Waals surface area contributed by atoms with Gasteiger partial charge in [0.15, 0.2) is 0 Å². The summed E-state index contributed by atoms with van der Waals surface area (Å²) >= 11 is 0. The summed E-state index contributed by atoms with van der Waals surface area (Å²) < 4.78 is 0. The molecule has 0 aromatic heterocycles. The van der Waals surface area contributed by atoms with E-state index in [1.165, 1.54) is 30.4 Å². The van der Waals surface area contributed by atoms with Crippen LogP contribution in [0.5, 0.6) is 0 Å². The Balaban J connectivity index is 2.59. The van der Waals surface area contributed by atoms with Crippen molar-refractivity contribution in [3.63, 3.8) is 0 Å². The maximum Gasteiger partial charge on any atom is 0.0349 e. The molecular formula is C9H11N. The van der Waals surface area contributed by atoms with Crippen LogP contribution in [0.3, 0.4) is 0 Å². The van der Waals surface area contributed by atoms with E-state index in [4.69, 9.17) is 5.73 Å². The lowest BCUT2D eigenvalue weighted by atomic mass is 10.1. The first-order valence-corrected chi connectivity index (χ1v) is 3.74. The van der Waals surface area contributed by atoms with Gasteiger partial charge in [-0.05, 0) is 36.5 Å². The lowest BCUT2D eigenvalue weighted by molar-refractivity contribution is 0.912. The average molecular weight is 133 g/mol. The summed E-state index contributed by atoms with van der Waals surface area (Å²) in [5.41, 5.74) is 9.60. The molecule has 1 nitrogen and oxygen atoms in total. The molecule has 0 aliphatic heterocycles. The van der Waals surface area contributed by atoms with Gasteiger partial charge in [-0.3, -0.25) is 0 Å². The predicted molar refractivity (Wildman–Crippen MR) is 42.9 cm³/mol. The number of hydrogen-bond donors (Lipinski definition) is 1. The standard InChI is InChI=1S/C9H11N/c10-9-6-2-4-7-3-1-5-8(7)9/h2,4,6H,1,3,5,10H2. The van der Waals surface area contributed by atoms with Gasteiger partial charge in [-0.1, -0.05) is 12.1 Å². The fourth-order valence-corrected chi connectivity index (χ4v) is 1.65. The van der Waals surface area contributed by atoms with E-state index in [0.29, 0.717) is 0 Å². The molecule has 1 aliphatic rings. The molecule has 0 atom stereocenters. The molecule has 52 valence electrons. The summed E-state index contributed by atoms with van der Waals surface area (Å²) in [6, 6.07) is 6.21. The zero-order valence-corrected chi connectivity index (χ0v) is 5.93. The Morgan fingerprint density at radius 1 is 1.20 bits per heavy atom. The molecule has 1 heteroatoms. The van der Waals surface area contributed by atoms with Crippen LogP contribution in [0.25, 0.3) is 0 Å². The Hall–Kier alpha value is -0.980. The van der Waals surface area contributed by atoms with Crippen molar-refractivity contribution in [1.29, 1.82) is 0 Å². The maximum atomic E-state index is 5.77. The highest BCUT2D eigenvalue weighted by Gasteiger charge is 2.11. The minimum Gasteiger partial charge on any atom is -0.398 e. The fourth-order valence-electron chi connectivity index (χ4n) is 1.65. The van der Waals surface area contributed by atoms with E-state index in [1.54, 1.807) is 0 Å². The van der Waals surface area contributed by atoms with Gasteiger partial charge in [-0.2, -0.15) is 0 Å². The van der Waals surface area contributed by atoms with Gasteiger partial charge < -0.3 is 5.73 Å². The number of fused-ring (bicyclic) bond motifs is 1. The largest absolute Gasteiger partial charge is 0.398 e. The smallest absolute Gasteiger partial charge is 0.0349 e. The van der Waals surface area contributed by atoms with Gasteiger partial charge in [0.25, 0.3) is 0 Å². The molecule has 0 amide bonds. The summed E-state index contributed by atoms with van der Waals surface area (Å²) in [5, 5.41) is 0. The number of anilines is 1. The van der Waals surface area contributed by atoms with Gasteiger partial charge in [0.2, 0.25) is 0 Å². The third-order valence-corrected chi connectivity index (χ3v) is 2.18.